The Bertz CT molecular complexity index is 1120. The number of rotatable bonds is 8. The molecule has 5 heteroatoms. The molecule has 0 unspecified atom stereocenters. The van der Waals surface area contributed by atoms with E-state index in [4.69, 9.17) is 11.6 Å². The largest absolute Gasteiger partial charge is 0.376 e. The molecule has 0 spiro atoms. The van der Waals surface area contributed by atoms with Gasteiger partial charge in [0.1, 0.15) is 5.69 Å². The summed E-state index contributed by atoms with van der Waals surface area (Å²) in [5.41, 5.74) is 6.06. The van der Waals surface area contributed by atoms with Crippen LogP contribution in [-0.2, 0) is 6.54 Å². The van der Waals surface area contributed by atoms with E-state index in [-0.39, 0.29) is 0 Å². The van der Waals surface area contributed by atoms with E-state index in [1.807, 2.05) is 56.7 Å². The van der Waals surface area contributed by atoms with Gasteiger partial charge in [-0.15, -0.1) is 0 Å². The lowest BCUT2D eigenvalue weighted by molar-refractivity contribution is 0.280. The van der Waals surface area contributed by atoms with E-state index < -0.39 is 0 Å². The standard InChI is InChI=1S/C28H31ClN4/c1-5-18-33(6-2)21-22-9-16-28(32(3)4)27(19-22)30-17-7-8-26-15-12-24(20-31-26)23-10-13-25(29)14-11-23/h9-17,19-20H,5-6,18,21H2,1-4H3. The summed E-state index contributed by atoms with van der Waals surface area (Å²) in [6.45, 7) is 7.48. The molecule has 170 valence electrons. The van der Waals surface area contributed by atoms with E-state index in [2.05, 4.69) is 63.7 Å². The van der Waals surface area contributed by atoms with Crippen molar-refractivity contribution in [3.63, 3.8) is 0 Å². The number of pyridine rings is 1. The van der Waals surface area contributed by atoms with Gasteiger partial charge >= 0.3 is 0 Å². The van der Waals surface area contributed by atoms with E-state index in [1.54, 1.807) is 6.21 Å². The number of halogens is 1. The molecule has 0 aliphatic carbocycles. The number of aliphatic imine (C=N–C) groups is 1. The highest BCUT2D eigenvalue weighted by molar-refractivity contribution is 6.30. The third-order valence-electron chi connectivity index (χ3n) is 5.32. The highest BCUT2D eigenvalue weighted by atomic mass is 35.5. The van der Waals surface area contributed by atoms with Gasteiger partial charge < -0.3 is 4.90 Å². The quantitative estimate of drug-likeness (QED) is 0.287. The normalized spacial score (nSPS) is 11.0. The molecule has 0 fully saturated rings. The molecule has 0 radical (unpaired) electrons. The van der Waals surface area contributed by atoms with Gasteiger partial charge in [-0.05, 0) is 72.8 Å². The predicted molar refractivity (Wildman–Crippen MR) is 142 cm³/mol. The molecule has 4 nitrogen and oxygen atoms in total. The zero-order chi connectivity index (χ0) is 23.6. The van der Waals surface area contributed by atoms with Crippen LogP contribution in [0.4, 0.5) is 11.4 Å². The Morgan fingerprint density at radius 1 is 1.00 bits per heavy atom. The fourth-order valence-corrected chi connectivity index (χ4v) is 3.69. The van der Waals surface area contributed by atoms with Crippen LogP contribution in [0.25, 0.3) is 11.1 Å². The van der Waals surface area contributed by atoms with E-state index >= 15 is 0 Å². The molecule has 0 bridgehead atoms. The summed E-state index contributed by atoms with van der Waals surface area (Å²) in [6.07, 6.45) is 4.64. The Hall–Kier alpha value is -3.13. The second-order valence-electron chi connectivity index (χ2n) is 8.05. The lowest BCUT2D eigenvalue weighted by Gasteiger charge is -2.21. The van der Waals surface area contributed by atoms with Crippen molar-refractivity contribution in [2.24, 2.45) is 4.99 Å². The first-order valence-electron chi connectivity index (χ1n) is 11.3. The molecule has 0 amide bonds. The maximum atomic E-state index is 5.97. The minimum Gasteiger partial charge on any atom is -0.376 e. The van der Waals surface area contributed by atoms with Crippen molar-refractivity contribution < 1.29 is 0 Å². The first-order valence-corrected chi connectivity index (χ1v) is 11.7. The van der Waals surface area contributed by atoms with E-state index in [9.17, 15) is 0 Å². The monoisotopic (exact) mass is 458 g/mol. The summed E-state index contributed by atoms with van der Waals surface area (Å²) in [6, 6.07) is 18.1. The van der Waals surface area contributed by atoms with E-state index in [0.717, 1.165) is 53.6 Å². The molecular weight excluding hydrogens is 428 g/mol. The first-order chi connectivity index (χ1) is 16.0. The van der Waals surface area contributed by atoms with Crippen molar-refractivity contribution in [2.45, 2.75) is 26.8 Å². The summed E-state index contributed by atoms with van der Waals surface area (Å²) in [5, 5.41) is 0.722. The van der Waals surface area contributed by atoms with Gasteiger partial charge in [0.25, 0.3) is 0 Å². The minimum absolute atomic E-state index is 0.707. The number of aromatic nitrogens is 1. The molecular formula is C28H31ClN4. The van der Waals surface area contributed by atoms with Crippen LogP contribution in [0.1, 0.15) is 31.5 Å². The molecule has 0 saturated heterocycles. The third kappa shape index (κ3) is 7.18. The van der Waals surface area contributed by atoms with Crippen LogP contribution in [0.5, 0.6) is 0 Å². The van der Waals surface area contributed by atoms with E-state index in [1.165, 1.54) is 5.56 Å². The van der Waals surface area contributed by atoms with Gasteiger partial charge in [0.2, 0.25) is 0 Å². The summed E-state index contributed by atoms with van der Waals surface area (Å²) < 4.78 is 0. The van der Waals surface area contributed by atoms with Gasteiger partial charge in [-0.2, -0.15) is 0 Å². The van der Waals surface area contributed by atoms with Gasteiger partial charge in [-0.1, -0.05) is 49.7 Å². The maximum Gasteiger partial charge on any atom is 0.113 e. The van der Waals surface area contributed by atoms with Crippen molar-refractivity contribution in [2.75, 3.05) is 32.1 Å². The summed E-state index contributed by atoms with van der Waals surface area (Å²) >= 11 is 5.97. The number of nitrogens with zero attached hydrogens (tertiary/aromatic N) is 4. The van der Waals surface area contributed by atoms with Gasteiger partial charge in [0.15, 0.2) is 0 Å². The van der Waals surface area contributed by atoms with Gasteiger partial charge in [0.05, 0.1) is 17.6 Å². The molecule has 3 aromatic rings. The first kappa shape index (κ1) is 24.5. The van der Waals surface area contributed by atoms with Crippen LogP contribution in [0.2, 0.25) is 5.02 Å². The fraction of sp³-hybridized carbons (Fsp3) is 0.286. The summed E-state index contributed by atoms with van der Waals surface area (Å²) in [7, 11) is 4.06. The van der Waals surface area contributed by atoms with Crippen molar-refractivity contribution in [1.82, 2.24) is 9.88 Å². The van der Waals surface area contributed by atoms with Gasteiger partial charge in [-0.3, -0.25) is 4.90 Å². The Morgan fingerprint density at radius 2 is 1.76 bits per heavy atom. The highest BCUT2D eigenvalue weighted by Gasteiger charge is 2.08. The Balaban J connectivity index is 1.74. The molecule has 1 heterocycles. The molecule has 0 saturated carbocycles. The molecule has 0 aliphatic rings. The topological polar surface area (TPSA) is 31.7 Å². The SMILES string of the molecule is CCCN(CC)Cc1ccc(N(C)C)c(N=CC#Cc2ccc(-c3ccc(Cl)cc3)cn2)c1. The van der Waals surface area contributed by atoms with Crippen molar-refractivity contribution in [3.8, 4) is 23.0 Å². The number of benzene rings is 2. The Labute approximate surface area is 202 Å². The average Bonchev–Trinajstić information content (AvgIpc) is 2.82. The Morgan fingerprint density at radius 3 is 2.39 bits per heavy atom. The van der Waals surface area contributed by atoms with Crippen LogP contribution in [0.3, 0.4) is 0 Å². The van der Waals surface area contributed by atoms with Gasteiger partial charge in [0, 0.05) is 37.4 Å². The minimum atomic E-state index is 0.707. The van der Waals surface area contributed by atoms with E-state index in [0.29, 0.717) is 5.69 Å². The fourth-order valence-electron chi connectivity index (χ4n) is 3.56. The number of hydrogen-bond donors (Lipinski definition) is 0. The lowest BCUT2D eigenvalue weighted by atomic mass is 10.1. The second kappa shape index (κ2) is 12.2. The van der Waals surface area contributed by atoms with Crippen LogP contribution in [0, 0.1) is 11.8 Å². The number of hydrogen-bond acceptors (Lipinski definition) is 4. The zero-order valence-electron chi connectivity index (χ0n) is 19.8. The molecule has 0 aliphatic heterocycles. The highest BCUT2D eigenvalue weighted by Crippen LogP contribution is 2.29. The molecule has 0 N–H and O–H groups in total. The zero-order valence-corrected chi connectivity index (χ0v) is 20.6. The summed E-state index contributed by atoms with van der Waals surface area (Å²) in [4.78, 5) is 13.6. The second-order valence-corrected chi connectivity index (χ2v) is 8.49. The Kier molecular flexibility index (Phi) is 9.06. The van der Waals surface area contributed by atoms with Crippen molar-refractivity contribution in [3.05, 3.63) is 77.1 Å². The van der Waals surface area contributed by atoms with Crippen molar-refractivity contribution >= 4 is 29.2 Å². The van der Waals surface area contributed by atoms with Crippen LogP contribution in [0.15, 0.2) is 65.8 Å². The number of anilines is 1. The molecule has 33 heavy (non-hydrogen) atoms. The van der Waals surface area contributed by atoms with Crippen LogP contribution < -0.4 is 4.90 Å². The smallest absolute Gasteiger partial charge is 0.113 e. The maximum absolute atomic E-state index is 5.97. The molecule has 1 aromatic heterocycles. The third-order valence-corrected chi connectivity index (χ3v) is 5.58. The summed E-state index contributed by atoms with van der Waals surface area (Å²) in [5.74, 6) is 6.09. The van der Waals surface area contributed by atoms with Gasteiger partial charge in [-0.25, -0.2) is 9.98 Å². The molecule has 3 rings (SSSR count). The van der Waals surface area contributed by atoms with Crippen molar-refractivity contribution in [1.29, 1.82) is 0 Å². The van der Waals surface area contributed by atoms with Crippen LogP contribution >= 0.6 is 11.6 Å². The molecule has 2 aromatic carbocycles. The lowest BCUT2D eigenvalue weighted by Crippen LogP contribution is -2.23. The predicted octanol–water partition coefficient (Wildman–Crippen LogP) is 6.45. The average molecular weight is 459 g/mol. The molecule has 0 atom stereocenters. The van der Waals surface area contributed by atoms with Crippen LogP contribution in [-0.4, -0.2) is 43.3 Å².